The molecule has 122 valence electrons. The summed E-state index contributed by atoms with van der Waals surface area (Å²) in [6.07, 6.45) is 7.06. The minimum atomic E-state index is 0.174. The van der Waals surface area contributed by atoms with Gasteiger partial charge in [0.15, 0.2) is 0 Å². The van der Waals surface area contributed by atoms with Gasteiger partial charge < -0.3 is 0 Å². The Balaban J connectivity index is 1.71. The highest BCUT2D eigenvalue weighted by molar-refractivity contribution is 6.34. The first-order valence-electron chi connectivity index (χ1n) is 9.27. The number of hydrogen-bond acceptors (Lipinski definition) is 0. The van der Waals surface area contributed by atoms with Crippen molar-refractivity contribution in [3.05, 3.63) is 57.6 Å². The first kappa shape index (κ1) is 14.2. The van der Waals surface area contributed by atoms with Gasteiger partial charge in [-0.2, -0.15) is 0 Å². The van der Waals surface area contributed by atoms with Crippen LogP contribution in [-0.4, -0.2) is 0 Å². The molecule has 4 bridgehead atoms. The van der Waals surface area contributed by atoms with Crippen molar-refractivity contribution in [3.63, 3.8) is 0 Å². The monoisotopic (exact) mass is 354 g/mol. The minimum absolute atomic E-state index is 0.174. The number of hydrogen-bond donors (Lipinski definition) is 0. The molecule has 0 nitrogen and oxygen atoms in total. The molecule has 0 N–H and O–H groups in total. The van der Waals surface area contributed by atoms with Crippen LogP contribution in [0.5, 0.6) is 0 Å². The molecule has 2 heteroatoms. The summed E-state index contributed by atoms with van der Waals surface area (Å²) in [6.45, 7) is 0. The molecule has 5 aliphatic rings. The molecule has 0 unspecified atom stereocenters. The Morgan fingerprint density at radius 3 is 2.21 bits per heavy atom. The molecule has 4 fully saturated rings. The summed E-state index contributed by atoms with van der Waals surface area (Å²) in [5.74, 6) is 3.46. The van der Waals surface area contributed by atoms with Gasteiger partial charge in [0.05, 0.1) is 0 Å². The first-order chi connectivity index (χ1) is 11.7. The molecule has 0 aliphatic heterocycles. The maximum atomic E-state index is 6.70. The third-order valence-electron chi connectivity index (χ3n) is 7.58. The van der Waals surface area contributed by atoms with Crippen molar-refractivity contribution >= 4 is 23.2 Å². The standard InChI is InChI=1S/C22H20Cl2/c23-16-4-5-17-19(11-16)22(18-2-1-3-20(24)21(17)18)14-7-12-6-13(9-14)10-15(22)8-12/h1-5,11-15H,6-10H2. The molecular formula is C22H20Cl2. The maximum Gasteiger partial charge on any atom is 0.0487 e. The van der Waals surface area contributed by atoms with Gasteiger partial charge in [0, 0.05) is 21.0 Å². The predicted molar refractivity (Wildman–Crippen MR) is 99.7 cm³/mol. The average Bonchev–Trinajstić information content (AvgIpc) is 2.84. The molecule has 4 saturated carbocycles. The van der Waals surface area contributed by atoms with E-state index in [1.807, 2.05) is 12.1 Å². The predicted octanol–water partition coefficient (Wildman–Crippen LogP) is 6.72. The Kier molecular flexibility index (Phi) is 2.72. The van der Waals surface area contributed by atoms with E-state index in [4.69, 9.17) is 23.2 Å². The molecule has 5 aliphatic carbocycles. The van der Waals surface area contributed by atoms with Crippen molar-refractivity contribution in [1.29, 1.82) is 0 Å². The van der Waals surface area contributed by atoms with E-state index in [1.54, 1.807) is 0 Å². The summed E-state index contributed by atoms with van der Waals surface area (Å²) in [5.41, 5.74) is 5.78. The Hall–Kier alpha value is -0.980. The summed E-state index contributed by atoms with van der Waals surface area (Å²) in [5, 5.41) is 1.77. The zero-order valence-corrected chi connectivity index (χ0v) is 15.1. The Morgan fingerprint density at radius 2 is 1.50 bits per heavy atom. The van der Waals surface area contributed by atoms with Crippen LogP contribution in [0.3, 0.4) is 0 Å². The van der Waals surface area contributed by atoms with Gasteiger partial charge in [-0.3, -0.25) is 0 Å². The van der Waals surface area contributed by atoms with E-state index in [-0.39, 0.29) is 5.41 Å². The molecule has 7 rings (SSSR count). The molecule has 0 aromatic heterocycles. The molecule has 0 amide bonds. The van der Waals surface area contributed by atoms with Crippen LogP contribution < -0.4 is 0 Å². The fraction of sp³-hybridized carbons (Fsp3) is 0.455. The van der Waals surface area contributed by atoms with Crippen LogP contribution in [0, 0.1) is 23.7 Å². The quantitative estimate of drug-likeness (QED) is 0.492. The van der Waals surface area contributed by atoms with Crippen LogP contribution in [0.4, 0.5) is 0 Å². The van der Waals surface area contributed by atoms with Crippen LogP contribution in [0.25, 0.3) is 11.1 Å². The van der Waals surface area contributed by atoms with E-state index in [0.717, 1.165) is 33.7 Å². The van der Waals surface area contributed by atoms with E-state index in [1.165, 1.54) is 54.4 Å². The molecule has 0 heterocycles. The van der Waals surface area contributed by atoms with Crippen LogP contribution >= 0.6 is 23.2 Å². The van der Waals surface area contributed by atoms with Gasteiger partial charge in [0.2, 0.25) is 0 Å². The second kappa shape index (κ2) is 4.59. The Morgan fingerprint density at radius 1 is 0.792 bits per heavy atom. The smallest absolute Gasteiger partial charge is 0.0487 e. The summed E-state index contributed by atoms with van der Waals surface area (Å²) in [6, 6.07) is 13.1. The van der Waals surface area contributed by atoms with Crippen molar-refractivity contribution in [2.75, 3.05) is 0 Å². The van der Waals surface area contributed by atoms with Gasteiger partial charge in [-0.15, -0.1) is 0 Å². The number of halogens is 2. The number of rotatable bonds is 0. The second-order valence-corrected chi connectivity index (χ2v) is 9.37. The van der Waals surface area contributed by atoms with E-state index >= 15 is 0 Å². The SMILES string of the molecule is Clc1ccc2c(c1)C1(c3cccc(Cl)c3-2)C2CC3CC(C2)CC1C3. The molecule has 24 heavy (non-hydrogen) atoms. The number of benzene rings is 2. The van der Waals surface area contributed by atoms with Gasteiger partial charge in [-0.25, -0.2) is 0 Å². The fourth-order valence-electron chi connectivity index (χ4n) is 7.17. The highest BCUT2D eigenvalue weighted by atomic mass is 35.5. The first-order valence-corrected chi connectivity index (χ1v) is 10.0. The highest BCUT2D eigenvalue weighted by Gasteiger charge is 2.61. The summed E-state index contributed by atoms with van der Waals surface area (Å²) >= 11 is 13.2. The van der Waals surface area contributed by atoms with Crippen LogP contribution in [0.15, 0.2) is 36.4 Å². The molecule has 0 radical (unpaired) electrons. The lowest BCUT2D eigenvalue weighted by Crippen LogP contribution is -2.55. The van der Waals surface area contributed by atoms with Crippen LogP contribution in [0.2, 0.25) is 10.0 Å². The lowest BCUT2D eigenvalue weighted by atomic mass is 9.43. The van der Waals surface area contributed by atoms with Gasteiger partial charge in [-0.05, 0) is 90.7 Å². The Labute approximate surface area is 153 Å². The summed E-state index contributed by atoms with van der Waals surface area (Å²) in [7, 11) is 0. The third kappa shape index (κ3) is 1.54. The zero-order chi connectivity index (χ0) is 16.1. The lowest BCUT2D eigenvalue weighted by Gasteiger charge is -2.61. The van der Waals surface area contributed by atoms with Gasteiger partial charge >= 0.3 is 0 Å². The van der Waals surface area contributed by atoms with Gasteiger partial charge in [0.1, 0.15) is 0 Å². The van der Waals surface area contributed by atoms with Gasteiger partial charge in [0.25, 0.3) is 0 Å². The number of fused-ring (bicyclic) bond motifs is 3. The average molecular weight is 355 g/mol. The molecular weight excluding hydrogens is 335 g/mol. The second-order valence-electron chi connectivity index (χ2n) is 8.53. The van der Waals surface area contributed by atoms with E-state index in [9.17, 15) is 0 Å². The Bertz CT molecular complexity index is 838. The largest absolute Gasteiger partial charge is 0.0843 e. The summed E-state index contributed by atoms with van der Waals surface area (Å²) in [4.78, 5) is 0. The van der Waals surface area contributed by atoms with Crippen molar-refractivity contribution in [2.24, 2.45) is 23.7 Å². The minimum Gasteiger partial charge on any atom is -0.0843 e. The molecule has 2 aromatic rings. The van der Waals surface area contributed by atoms with Crippen molar-refractivity contribution in [1.82, 2.24) is 0 Å². The fourth-order valence-corrected chi connectivity index (χ4v) is 7.62. The van der Waals surface area contributed by atoms with Gasteiger partial charge in [-0.1, -0.05) is 41.4 Å². The maximum absolute atomic E-state index is 6.70. The normalized spacial score (nSPS) is 37.8. The van der Waals surface area contributed by atoms with E-state index in [0.29, 0.717) is 0 Å². The molecule has 0 saturated heterocycles. The lowest BCUT2D eigenvalue weighted by molar-refractivity contribution is -0.0399. The van der Waals surface area contributed by atoms with E-state index < -0.39 is 0 Å². The van der Waals surface area contributed by atoms with Crippen molar-refractivity contribution in [3.8, 4) is 11.1 Å². The summed E-state index contributed by atoms with van der Waals surface area (Å²) < 4.78 is 0. The van der Waals surface area contributed by atoms with Crippen LogP contribution in [-0.2, 0) is 5.41 Å². The van der Waals surface area contributed by atoms with Crippen molar-refractivity contribution in [2.45, 2.75) is 37.5 Å². The topological polar surface area (TPSA) is 0 Å². The molecule has 1 spiro atoms. The molecule has 2 aromatic carbocycles. The zero-order valence-electron chi connectivity index (χ0n) is 13.6. The van der Waals surface area contributed by atoms with Crippen LogP contribution in [0.1, 0.15) is 43.2 Å². The van der Waals surface area contributed by atoms with Crippen molar-refractivity contribution < 1.29 is 0 Å². The molecule has 0 atom stereocenters. The highest BCUT2D eigenvalue weighted by Crippen LogP contribution is 2.69. The third-order valence-corrected chi connectivity index (χ3v) is 8.13. The van der Waals surface area contributed by atoms with E-state index in [2.05, 4.69) is 24.3 Å².